The molecule has 2 atom stereocenters. The molecule has 1 aliphatic heterocycles. The first-order valence-electron chi connectivity index (χ1n) is 10.2. The van der Waals surface area contributed by atoms with Crippen LogP contribution in [0, 0.1) is 23.4 Å². The first-order valence-corrected chi connectivity index (χ1v) is 10.6. The summed E-state index contributed by atoms with van der Waals surface area (Å²) in [4.78, 5) is 32.2. The van der Waals surface area contributed by atoms with Crippen molar-refractivity contribution in [1.82, 2.24) is 15.7 Å². The Morgan fingerprint density at radius 2 is 1.90 bits per heavy atom. The van der Waals surface area contributed by atoms with Crippen molar-refractivity contribution < 1.29 is 27.6 Å². The molecule has 172 valence electrons. The van der Waals surface area contributed by atoms with Crippen LogP contribution in [0.15, 0.2) is 12.1 Å². The molecule has 2 rings (SSSR count). The molecule has 0 aromatic heterocycles. The Kier molecular flexibility index (Phi) is 8.81. The summed E-state index contributed by atoms with van der Waals surface area (Å²) < 4.78 is 41.2. The first-order chi connectivity index (χ1) is 14.5. The molecule has 1 saturated heterocycles. The monoisotopic (exact) mass is 459 g/mol. The van der Waals surface area contributed by atoms with E-state index in [1.54, 1.807) is 32.6 Å². The van der Waals surface area contributed by atoms with Crippen LogP contribution >= 0.6 is 12.2 Å². The fourth-order valence-electron chi connectivity index (χ4n) is 3.35. The van der Waals surface area contributed by atoms with Crippen molar-refractivity contribution in [2.24, 2.45) is 5.92 Å². The Labute approximate surface area is 185 Å². The molecular weight excluding hydrogens is 431 g/mol. The van der Waals surface area contributed by atoms with Crippen LogP contribution in [0.25, 0.3) is 0 Å². The van der Waals surface area contributed by atoms with Crippen LogP contribution in [-0.4, -0.2) is 39.9 Å². The summed E-state index contributed by atoms with van der Waals surface area (Å²) in [6.07, 6.45) is 0.832. The zero-order valence-corrected chi connectivity index (χ0v) is 18.8. The summed E-state index contributed by atoms with van der Waals surface area (Å²) in [7, 11) is 0. The number of likely N-dealkylation sites (tertiary alicyclic amines) is 1. The van der Waals surface area contributed by atoms with Gasteiger partial charge in [-0.15, -0.1) is 0 Å². The van der Waals surface area contributed by atoms with Gasteiger partial charge in [-0.05, 0) is 38.7 Å². The molecule has 1 aromatic rings. The SMILES string of the molecule is CC(C)ONC(=O)[C@@H](NC(=O)C[C@@H]1CCC(=S)N1Cc1cc(F)cc(F)c1F)C(C)C. The second-order valence-electron chi connectivity index (χ2n) is 8.20. The molecule has 1 aliphatic rings. The number of amides is 2. The van der Waals surface area contributed by atoms with Crippen molar-refractivity contribution in [1.29, 1.82) is 0 Å². The summed E-state index contributed by atoms with van der Waals surface area (Å²) in [5.74, 6) is -4.34. The van der Waals surface area contributed by atoms with Crippen LogP contribution in [0.2, 0.25) is 0 Å². The number of hydroxylamine groups is 1. The largest absolute Gasteiger partial charge is 0.358 e. The third-order valence-corrected chi connectivity index (χ3v) is 5.38. The van der Waals surface area contributed by atoms with E-state index in [4.69, 9.17) is 17.1 Å². The van der Waals surface area contributed by atoms with Crippen molar-refractivity contribution in [2.45, 2.75) is 71.7 Å². The number of thiocarbonyl (C=S) groups is 1. The van der Waals surface area contributed by atoms with Gasteiger partial charge in [0.1, 0.15) is 11.9 Å². The summed E-state index contributed by atoms with van der Waals surface area (Å²) in [5.41, 5.74) is 2.16. The highest BCUT2D eigenvalue weighted by atomic mass is 32.1. The maximum absolute atomic E-state index is 14.1. The van der Waals surface area contributed by atoms with E-state index in [-0.39, 0.29) is 42.5 Å². The van der Waals surface area contributed by atoms with Crippen molar-refractivity contribution >= 4 is 29.0 Å². The Morgan fingerprint density at radius 3 is 2.52 bits per heavy atom. The van der Waals surface area contributed by atoms with Gasteiger partial charge in [0.2, 0.25) is 5.91 Å². The zero-order valence-electron chi connectivity index (χ0n) is 18.0. The second-order valence-corrected chi connectivity index (χ2v) is 8.67. The summed E-state index contributed by atoms with van der Waals surface area (Å²) in [6.45, 7) is 6.95. The maximum Gasteiger partial charge on any atom is 0.266 e. The summed E-state index contributed by atoms with van der Waals surface area (Å²) in [6, 6.07) is 0.222. The number of hydrogen-bond acceptors (Lipinski definition) is 4. The lowest BCUT2D eigenvalue weighted by molar-refractivity contribution is -0.142. The van der Waals surface area contributed by atoms with Gasteiger partial charge in [-0.3, -0.25) is 14.4 Å². The normalized spacial score (nSPS) is 17.4. The molecule has 0 unspecified atom stereocenters. The number of hydrogen-bond donors (Lipinski definition) is 2. The molecule has 1 heterocycles. The zero-order chi connectivity index (χ0) is 23.3. The topological polar surface area (TPSA) is 70.7 Å². The third kappa shape index (κ3) is 6.90. The first kappa shape index (κ1) is 25.1. The van der Waals surface area contributed by atoms with Gasteiger partial charge in [0.25, 0.3) is 5.91 Å². The highest BCUT2D eigenvalue weighted by Gasteiger charge is 2.32. The van der Waals surface area contributed by atoms with Crippen molar-refractivity contribution in [3.8, 4) is 0 Å². The minimum atomic E-state index is -1.27. The number of nitrogens with zero attached hydrogens (tertiary/aromatic N) is 1. The minimum Gasteiger partial charge on any atom is -0.358 e. The van der Waals surface area contributed by atoms with E-state index in [2.05, 4.69) is 10.8 Å². The van der Waals surface area contributed by atoms with E-state index in [9.17, 15) is 22.8 Å². The van der Waals surface area contributed by atoms with Crippen molar-refractivity contribution in [2.75, 3.05) is 0 Å². The molecule has 2 amide bonds. The van der Waals surface area contributed by atoms with Crippen molar-refractivity contribution in [3.05, 3.63) is 35.1 Å². The summed E-state index contributed by atoms with van der Waals surface area (Å²) >= 11 is 5.31. The average molecular weight is 460 g/mol. The van der Waals surface area contributed by atoms with Gasteiger partial charge in [0.15, 0.2) is 11.6 Å². The highest BCUT2D eigenvalue weighted by Crippen LogP contribution is 2.27. The number of halogens is 3. The van der Waals surface area contributed by atoms with Crippen LogP contribution in [0.5, 0.6) is 0 Å². The second kappa shape index (κ2) is 10.9. The molecule has 0 bridgehead atoms. The van der Waals surface area contributed by atoms with Gasteiger partial charge in [-0.2, -0.15) is 0 Å². The average Bonchev–Trinajstić information content (AvgIpc) is 3.01. The Bertz CT molecular complexity index is 836. The van der Waals surface area contributed by atoms with E-state index >= 15 is 0 Å². The lowest BCUT2D eigenvalue weighted by Gasteiger charge is -2.28. The van der Waals surface area contributed by atoms with Crippen LogP contribution in [0.4, 0.5) is 13.2 Å². The molecule has 0 radical (unpaired) electrons. The Morgan fingerprint density at radius 1 is 1.23 bits per heavy atom. The fourth-order valence-corrected chi connectivity index (χ4v) is 3.68. The van der Waals surface area contributed by atoms with Crippen molar-refractivity contribution in [3.63, 3.8) is 0 Å². The molecular formula is C21H28F3N3O3S. The number of nitrogens with one attached hydrogen (secondary N) is 2. The third-order valence-electron chi connectivity index (χ3n) is 4.94. The molecule has 1 fully saturated rings. The number of rotatable bonds is 9. The minimum absolute atomic E-state index is 0.00109. The molecule has 0 saturated carbocycles. The van der Waals surface area contributed by atoms with Gasteiger partial charge in [0, 0.05) is 30.6 Å². The van der Waals surface area contributed by atoms with E-state index in [0.29, 0.717) is 23.9 Å². The smallest absolute Gasteiger partial charge is 0.266 e. The Balaban J connectivity index is 2.05. The van der Waals surface area contributed by atoms with E-state index < -0.39 is 29.4 Å². The number of carbonyl (C=O) groups excluding carboxylic acids is 2. The quantitative estimate of drug-likeness (QED) is 0.337. The molecule has 0 aliphatic carbocycles. The van der Waals surface area contributed by atoms with Crippen LogP contribution in [-0.2, 0) is 21.0 Å². The highest BCUT2D eigenvalue weighted by molar-refractivity contribution is 7.80. The maximum atomic E-state index is 14.1. The van der Waals surface area contributed by atoms with Crippen LogP contribution in [0.3, 0.4) is 0 Å². The standard InChI is InChI=1S/C21H28F3N3O3S/c1-11(2)20(21(29)26-30-12(3)4)25-17(28)9-15-5-6-18(31)27(15)10-13-7-14(22)8-16(23)19(13)24/h7-8,11-12,15,20H,5-6,9-10H2,1-4H3,(H,25,28)(H,26,29)/t15-,20-/m0/s1. The molecule has 2 N–H and O–H groups in total. The molecule has 31 heavy (non-hydrogen) atoms. The van der Waals surface area contributed by atoms with Gasteiger partial charge in [-0.1, -0.05) is 26.1 Å². The van der Waals surface area contributed by atoms with Gasteiger partial charge < -0.3 is 10.2 Å². The molecule has 1 aromatic carbocycles. The summed E-state index contributed by atoms with van der Waals surface area (Å²) in [5, 5.41) is 2.70. The molecule has 0 spiro atoms. The predicted octanol–water partition coefficient (Wildman–Crippen LogP) is 3.38. The number of benzene rings is 1. The van der Waals surface area contributed by atoms with Gasteiger partial charge in [0.05, 0.1) is 11.1 Å². The molecule has 6 nitrogen and oxygen atoms in total. The fraction of sp³-hybridized carbons (Fsp3) is 0.571. The predicted molar refractivity (Wildman–Crippen MR) is 113 cm³/mol. The van der Waals surface area contributed by atoms with Gasteiger partial charge >= 0.3 is 0 Å². The lowest BCUT2D eigenvalue weighted by Crippen LogP contribution is -2.51. The lowest BCUT2D eigenvalue weighted by atomic mass is 10.0. The number of carbonyl (C=O) groups is 2. The molecule has 10 heteroatoms. The van der Waals surface area contributed by atoms with Crippen LogP contribution in [0.1, 0.15) is 52.5 Å². The van der Waals surface area contributed by atoms with E-state index in [0.717, 1.165) is 6.07 Å². The van der Waals surface area contributed by atoms with E-state index in [1.807, 2.05) is 0 Å². The van der Waals surface area contributed by atoms with E-state index in [1.165, 1.54) is 0 Å². The van der Waals surface area contributed by atoms with Crippen LogP contribution < -0.4 is 10.8 Å². The van der Waals surface area contributed by atoms with Gasteiger partial charge in [-0.25, -0.2) is 18.7 Å². The Hall–Kier alpha value is -2.20.